The fraction of sp³-hybridized carbons (Fsp3) is 0.174. The average molecular weight is 422 g/mol. The fourth-order valence-electron chi connectivity index (χ4n) is 3.52. The summed E-state index contributed by atoms with van der Waals surface area (Å²) in [6, 6.07) is 13.3. The van der Waals surface area contributed by atoms with Crippen LogP contribution in [0.1, 0.15) is 13.8 Å². The van der Waals surface area contributed by atoms with Gasteiger partial charge in [-0.3, -0.25) is 9.48 Å². The second-order valence-corrected chi connectivity index (χ2v) is 6.72. The van der Waals surface area contributed by atoms with Crippen LogP contribution in [-0.2, 0) is 13.1 Å². The highest BCUT2D eigenvalue weighted by molar-refractivity contribution is 5.79. The monoisotopic (exact) mass is 422 g/mol. The summed E-state index contributed by atoms with van der Waals surface area (Å²) in [5.41, 5.74) is 1.76. The van der Waals surface area contributed by atoms with Crippen molar-refractivity contribution in [1.29, 1.82) is 0 Å². The number of nitrogens with zero attached hydrogens (tertiary/aromatic N) is 4. The zero-order chi connectivity index (χ0) is 22.0. The first kappa shape index (κ1) is 20.5. The molecule has 0 unspecified atom stereocenters. The third kappa shape index (κ3) is 3.84. The summed E-state index contributed by atoms with van der Waals surface area (Å²) in [6.45, 7) is 4.75. The summed E-state index contributed by atoms with van der Waals surface area (Å²) in [4.78, 5) is 21.7. The number of halogens is 2. The van der Waals surface area contributed by atoms with Gasteiger partial charge < -0.3 is 4.74 Å². The Hall–Kier alpha value is -3.81. The zero-order valence-electron chi connectivity index (χ0n) is 17.0. The molecule has 8 heteroatoms. The molecule has 0 N–H and O–H groups in total. The summed E-state index contributed by atoms with van der Waals surface area (Å²) in [7, 11) is 0. The number of rotatable bonds is 6. The molecule has 31 heavy (non-hydrogen) atoms. The molecule has 0 aliphatic carbocycles. The van der Waals surface area contributed by atoms with E-state index >= 15 is 0 Å². The van der Waals surface area contributed by atoms with Crippen LogP contribution in [0.2, 0.25) is 0 Å². The van der Waals surface area contributed by atoms with Crippen molar-refractivity contribution in [3.63, 3.8) is 0 Å². The van der Waals surface area contributed by atoms with Crippen LogP contribution in [0.5, 0.6) is 11.8 Å². The average Bonchev–Trinajstić information content (AvgIpc) is 3.07. The van der Waals surface area contributed by atoms with Crippen LogP contribution < -0.4 is 10.3 Å². The van der Waals surface area contributed by atoms with Gasteiger partial charge in [0.15, 0.2) is 11.6 Å². The Morgan fingerprint density at radius 1 is 0.935 bits per heavy atom. The van der Waals surface area contributed by atoms with Crippen molar-refractivity contribution in [3.05, 3.63) is 82.8 Å². The zero-order valence-corrected chi connectivity index (χ0v) is 17.0. The third-order valence-electron chi connectivity index (χ3n) is 4.88. The first-order chi connectivity index (χ1) is 15.0. The van der Waals surface area contributed by atoms with Crippen molar-refractivity contribution in [2.24, 2.45) is 0 Å². The van der Waals surface area contributed by atoms with E-state index in [9.17, 15) is 13.6 Å². The van der Waals surface area contributed by atoms with Crippen molar-refractivity contribution < 1.29 is 13.5 Å². The van der Waals surface area contributed by atoms with Gasteiger partial charge in [0.2, 0.25) is 0 Å². The molecular formula is C23H20F2N4O2. The molecule has 0 spiro atoms. The molecule has 0 atom stereocenters. The van der Waals surface area contributed by atoms with Crippen LogP contribution in [0.3, 0.4) is 0 Å². The molecule has 6 nitrogen and oxygen atoms in total. The van der Waals surface area contributed by atoms with E-state index in [-0.39, 0.29) is 17.3 Å². The Bertz CT molecular complexity index is 1280. The maximum Gasteiger partial charge on any atom is 0.322 e. The first-order valence-electron chi connectivity index (χ1n) is 9.88. The Balaban J connectivity index is 1.89. The highest BCUT2D eigenvalue weighted by Gasteiger charge is 2.23. The summed E-state index contributed by atoms with van der Waals surface area (Å²) < 4.78 is 36.4. The van der Waals surface area contributed by atoms with Crippen LogP contribution in [0.15, 0.2) is 65.6 Å². The topological polar surface area (TPSA) is 61.9 Å². The minimum Gasteiger partial charge on any atom is -0.421 e. The summed E-state index contributed by atoms with van der Waals surface area (Å²) in [5, 5.41) is 0. The maximum atomic E-state index is 14.0. The molecule has 0 aliphatic heterocycles. The number of para-hydroxylation sites is 1. The third-order valence-corrected chi connectivity index (χ3v) is 4.88. The van der Waals surface area contributed by atoms with Crippen molar-refractivity contribution in [3.8, 4) is 34.3 Å². The van der Waals surface area contributed by atoms with Crippen LogP contribution in [0, 0.1) is 11.6 Å². The van der Waals surface area contributed by atoms with Gasteiger partial charge in [-0.25, -0.2) is 18.4 Å². The van der Waals surface area contributed by atoms with E-state index in [0.29, 0.717) is 35.6 Å². The number of aromatic nitrogens is 4. The van der Waals surface area contributed by atoms with Crippen LogP contribution >= 0.6 is 0 Å². The van der Waals surface area contributed by atoms with Crippen LogP contribution in [-0.4, -0.2) is 19.3 Å². The van der Waals surface area contributed by atoms with Gasteiger partial charge in [-0.05, 0) is 49.7 Å². The van der Waals surface area contributed by atoms with Gasteiger partial charge in [0, 0.05) is 19.3 Å². The Morgan fingerprint density at radius 2 is 1.65 bits per heavy atom. The number of ether oxygens (including phenoxy) is 1. The minimum atomic E-state index is -0.536. The van der Waals surface area contributed by atoms with Crippen LogP contribution in [0.25, 0.3) is 22.5 Å². The quantitative estimate of drug-likeness (QED) is 0.444. The van der Waals surface area contributed by atoms with E-state index in [1.807, 2.05) is 18.5 Å². The number of benzene rings is 2. The van der Waals surface area contributed by atoms with Gasteiger partial charge in [0.1, 0.15) is 5.82 Å². The van der Waals surface area contributed by atoms with Gasteiger partial charge in [-0.2, -0.15) is 4.98 Å². The van der Waals surface area contributed by atoms with Gasteiger partial charge in [0.25, 0.3) is 5.56 Å². The smallest absolute Gasteiger partial charge is 0.322 e. The largest absolute Gasteiger partial charge is 0.421 e. The standard InChI is InChI=1S/C23H20F2N4O2/c1-3-28-21(20(22(30)29(28)4-2)15-9-11-16(24)12-10-15)18-13-14-26-23(27-18)31-19-8-6-5-7-17(19)25/h5-14H,3-4H2,1-2H3. The highest BCUT2D eigenvalue weighted by atomic mass is 19.1. The van der Waals surface area contributed by atoms with Gasteiger partial charge in [0.05, 0.1) is 17.0 Å². The van der Waals surface area contributed by atoms with E-state index < -0.39 is 11.6 Å². The molecule has 0 aliphatic rings. The minimum absolute atomic E-state index is 0.00239. The normalized spacial score (nSPS) is 11.0. The predicted octanol–water partition coefficient (Wildman–Crippen LogP) is 4.88. The Morgan fingerprint density at radius 3 is 2.32 bits per heavy atom. The second kappa shape index (κ2) is 8.51. The van der Waals surface area contributed by atoms with E-state index in [1.54, 1.807) is 35.0 Å². The number of hydrogen-bond donors (Lipinski definition) is 0. The molecule has 2 aromatic heterocycles. The summed E-state index contributed by atoms with van der Waals surface area (Å²) >= 11 is 0. The molecule has 0 saturated heterocycles. The SMILES string of the molecule is CCn1c(-c2ccnc(Oc3ccccc3F)n2)c(-c2ccc(F)cc2)c(=O)n1CC. The lowest BCUT2D eigenvalue weighted by Crippen LogP contribution is -2.22. The molecule has 0 amide bonds. The summed E-state index contributed by atoms with van der Waals surface area (Å²) in [5.74, 6) is -0.929. The molecule has 0 fully saturated rings. The molecule has 0 saturated carbocycles. The molecule has 4 rings (SSSR count). The molecule has 0 bridgehead atoms. The van der Waals surface area contributed by atoms with Crippen molar-refractivity contribution in [2.75, 3.05) is 0 Å². The number of hydrogen-bond acceptors (Lipinski definition) is 4. The van der Waals surface area contributed by atoms with Gasteiger partial charge in [-0.15, -0.1) is 0 Å². The van der Waals surface area contributed by atoms with Crippen LogP contribution in [0.4, 0.5) is 8.78 Å². The maximum absolute atomic E-state index is 14.0. The van der Waals surface area contributed by atoms with E-state index in [4.69, 9.17) is 4.74 Å². The summed E-state index contributed by atoms with van der Waals surface area (Å²) in [6.07, 6.45) is 1.49. The molecule has 158 valence electrons. The molecular weight excluding hydrogens is 402 g/mol. The highest BCUT2D eigenvalue weighted by Crippen LogP contribution is 2.31. The lowest BCUT2D eigenvalue weighted by atomic mass is 10.0. The van der Waals surface area contributed by atoms with E-state index in [2.05, 4.69) is 9.97 Å². The van der Waals surface area contributed by atoms with E-state index in [1.165, 1.54) is 30.5 Å². The van der Waals surface area contributed by atoms with Gasteiger partial charge >= 0.3 is 6.01 Å². The Labute approximate surface area is 177 Å². The Kier molecular flexibility index (Phi) is 5.62. The molecule has 0 radical (unpaired) electrons. The van der Waals surface area contributed by atoms with Gasteiger partial charge in [-0.1, -0.05) is 24.3 Å². The lowest BCUT2D eigenvalue weighted by Gasteiger charge is -2.12. The van der Waals surface area contributed by atoms with Crippen molar-refractivity contribution in [2.45, 2.75) is 26.9 Å². The first-order valence-corrected chi connectivity index (χ1v) is 9.88. The molecule has 2 aromatic carbocycles. The lowest BCUT2D eigenvalue weighted by molar-refractivity contribution is 0.411. The fourth-order valence-corrected chi connectivity index (χ4v) is 3.52. The second-order valence-electron chi connectivity index (χ2n) is 6.72. The molecule has 4 aromatic rings. The predicted molar refractivity (Wildman–Crippen MR) is 113 cm³/mol. The van der Waals surface area contributed by atoms with Crippen molar-refractivity contribution >= 4 is 0 Å². The molecule has 2 heterocycles. The van der Waals surface area contributed by atoms with E-state index in [0.717, 1.165) is 0 Å². The van der Waals surface area contributed by atoms with Crippen molar-refractivity contribution in [1.82, 2.24) is 19.3 Å².